The van der Waals surface area contributed by atoms with E-state index in [1.165, 1.54) is 5.56 Å². The second kappa shape index (κ2) is 2.81. The maximum atomic E-state index is 9.97. The van der Waals surface area contributed by atoms with Crippen LogP contribution in [0.15, 0.2) is 24.3 Å². The zero-order valence-electron chi connectivity index (χ0n) is 8.07. The normalized spacial score (nSPS) is 24.4. The van der Waals surface area contributed by atoms with Crippen LogP contribution in [-0.2, 0) is 10.3 Å². The van der Waals surface area contributed by atoms with Gasteiger partial charge in [0, 0.05) is 5.92 Å². The van der Waals surface area contributed by atoms with Gasteiger partial charge in [-0.15, -0.1) is 0 Å². The first kappa shape index (κ1) is 8.45. The summed E-state index contributed by atoms with van der Waals surface area (Å²) >= 11 is 0. The van der Waals surface area contributed by atoms with Crippen molar-refractivity contribution >= 4 is 0 Å². The molecule has 0 bridgehead atoms. The summed E-state index contributed by atoms with van der Waals surface area (Å²) in [4.78, 5) is 0. The minimum absolute atomic E-state index is 0.499. The zero-order valence-corrected chi connectivity index (χ0v) is 8.07. The van der Waals surface area contributed by atoms with Crippen LogP contribution in [0.5, 0.6) is 0 Å². The van der Waals surface area contributed by atoms with Gasteiger partial charge in [-0.3, -0.25) is 0 Å². The molecule has 0 spiro atoms. The van der Waals surface area contributed by atoms with E-state index in [2.05, 4.69) is 12.1 Å². The smallest absolute Gasteiger partial charge is 0.0899 e. The van der Waals surface area contributed by atoms with E-state index in [4.69, 9.17) is 4.74 Å². The Labute approximate surface area is 83.5 Å². The van der Waals surface area contributed by atoms with Gasteiger partial charge < -0.3 is 9.84 Å². The third-order valence-electron chi connectivity index (χ3n) is 3.26. The van der Waals surface area contributed by atoms with Crippen molar-refractivity contribution in [2.75, 3.05) is 13.2 Å². The van der Waals surface area contributed by atoms with E-state index in [-0.39, 0.29) is 0 Å². The molecule has 1 aromatic carbocycles. The number of hydrogen-bond acceptors (Lipinski definition) is 2. The lowest BCUT2D eigenvalue weighted by Crippen LogP contribution is -2.25. The summed E-state index contributed by atoms with van der Waals surface area (Å²) in [6.45, 7) is 1.67. The van der Waals surface area contributed by atoms with Crippen molar-refractivity contribution < 1.29 is 9.84 Å². The van der Waals surface area contributed by atoms with Gasteiger partial charge in [0.1, 0.15) is 0 Å². The molecule has 0 unspecified atom stereocenters. The fourth-order valence-electron chi connectivity index (χ4n) is 1.92. The highest BCUT2D eigenvalue weighted by Crippen LogP contribution is 2.45. The molecule has 1 saturated heterocycles. The minimum Gasteiger partial charge on any atom is -0.385 e. The molecule has 1 aromatic rings. The molecule has 0 radical (unpaired) electrons. The molecule has 3 rings (SSSR count). The Morgan fingerprint density at radius 3 is 2.64 bits per heavy atom. The Bertz CT molecular complexity index is 351. The van der Waals surface area contributed by atoms with Crippen molar-refractivity contribution in [3.63, 3.8) is 0 Å². The molecule has 0 amide bonds. The third kappa shape index (κ3) is 1.26. The molecule has 2 heteroatoms. The lowest BCUT2D eigenvalue weighted by Gasteiger charge is -2.27. The van der Waals surface area contributed by atoms with Crippen LogP contribution in [0.4, 0.5) is 0 Å². The van der Waals surface area contributed by atoms with Crippen LogP contribution in [0.1, 0.15) is 29.9 Å². The number of ether oxygens (including phenoxy) is 1. The monoisotopic (exact) mass is 190 g/mol. The lowest BCUT2D eigenvalue weighted by molar-refractivity contribution is 0.00829. The molecule has 74 valence electrons. The van der Waals surface area contributed by atoms with Crippen LogP contribution in [-0.4, -0.2) is 18.3 Å². The first-order valence-corrected chi connectivity index (χ1v) is 5.18. The van der Waals surface area contributed by atoms with E-state index in [1.807, 2.05) is 12.1 Å². The summed E-state index contributed by atoms with van der Waals surface area (Å²) in [6.07, 6.45) is 1.83. The van der Waals surface area contributed by atoms with Gasteiger partial charge in [-0.25, -0.2) is 0 Å². The second-order valence-corrected chi connectivity index (χ2v) is 4.39. The summed E-state index contributed by atoms with van der Waals surface area (Å²) in [7, 11) is 0. The van der Waals surface area contributed by atoms with Gasteiger partial charge in [-0.1, -0.05) is 24.3 Å². The van der Waals surface area contributed by atoms with Crippen molar-refractivity contribution in [2.24, 2.45) is 0 Å². The summed E-state index contributed by atoms with van der Waals surface area (Å²) in [5, 5.41) is 9.97. The van der Waals surface area contributed by atoms with Crippen molar-refractivity contribution in [3.05, 3.63) is 35.4 Å². The third-order valence-corrected chi connectivity index (χ3v) is 3.26. The Kier molecular flexibility index (Phi) is 1.70. The molecule has 14 heavy (non-hydrogen) atoms. The summed E-state index contributed by atoms with van der Waals surface area (Å²) in [6, 6.07) is 8.33. The van der Waals surface area contributed by atoms with Crippen LogP contribution in [0.2, 0.25) is 0 Å². The molecule has 2 fully saturated rings. The summed E-state index contributed by atoms with van der Waals surface area (Å²) in [5.74, 6) is 0.553. The molecular formula is C12H14O2. The highest BCUT2D eigenvalue weighted by Gasteiger charge is 2.42. The highest BCUT2D eigenvalue weighted by molar-refractivity contribution is 5.34. The Morgan fingerprint density at radius 2 is 2.07 bits per heavy atom. The van der Waals surface area contributed by atoms with E-state index < -0.39 is 5.60 Å². The zero-order chi connectivity index (χ0) is 9.60. The van der Waals surface area contributed by atoms with Crippen LogP contribution < -0.4 is 0 Å². The molecule has 0 aromatic heterocycles. The first-order valence-electron chi connectivity index (χ1n) is 5.18. The molecular weight excluding hydrogens is 176 g/mol. The van der Waals surface area contributed by atoms with Crippen LogP contribution >= 0.6 is 0 Å². The highest BCUT2D eigenvalue weighted by atomic mass is 16.5. The predicted molar refractivity (Wildman–Crippen MR) is 53.1 cm³/mol. The average molecular weight is 190 g/mol. The van der Waals surface area contributed by atoms with Crippen LogP contribution in [0.3, 0.4) is 0 Å². The number of rotatable bonds is 2. The van der Waals surface area contributed by atoms with Gasteiger partial charge >= 0.3 is 0 Å². The topological polar surface area (TPSA) is 29.5 Å². The molecule has 2 nitrogen and oxygen atoms in total. The molecule has 1 saturated carbocycles. The largest absolute Gasteiger partial charge is 0.385 e. The average Bonchev–Trinajstić information content (AvgIpc) is 2.83. The van der Waals surface area contributed by atoms with Crippen LogP contribution in [0, 0.1) is 0 Å². The van der Waals surface area contributed by atoms with Gasteiger partial charge in [-0.05, 0) is 24.0 Å². The first-order chi connectivity index (χ1) is 6.78. The molecule has 1 N–H and O–H groups in total. The van der Waals surface area contributed by atoms with Crippen molar-refractivity contribution in [1.29, 1.82) is 0 Å². The molecule has 1 aliphatic carbocycles. The van der Waals surface area contributed by atoms with Crippen LogP contribution in [0.25, 0.3) is 0 Å². The number of hydrogen-bond donors (Lipinski definition) is 1. The SMILES string of the molecule is OC1(c2cccc(C3COC3)c2)CC1. The van der Waals surface area contributed by atoms with Crippen molar-refractivity contribution in [3.8, 4) is 0 Å². The number of benzene rings is 1. The summed E-state index contributed by atoms with van der Waals surface area (Å²) in [5.41, 5.74) is 1.90. The van der Waals surface area contributed by atoms with E-state index >= 15 is 0 Å². The Hall–Kier alpha value is -0.860. The fraction of sp³-hybridized carbons (Fsp3) is 0.500. The maximum Gasteiger partial charge on any atom is 0.0899 e. The van der Waals surface area contributed by atoms with Crippen molar-refractivity contribution in [2.45, 2.75) is 24.4 Å². The minimum atomic E-state index is -0.499. The summed E-state index contributed by atoms with van der Waals surface area (Å²) < 4.78 is 5.17. The second-order valence-electron chi connectivity index (χ2n) is 4.39. The molecule has 1 heterocycles. The Balaban J connectivity index is 1.91. The van der Waals surface area contributed by atoms with E-state index in [9.17, 15) is 5.11 Å². The quantitative estimate of drug-likeness (QED) is 0.770. The maximum absolute atomic E-state index is 9.97. The predicted octanol–water partition coefficient (Wildman–Crippen LogP) is 1.78. The molecule has 0 atom stereocenters. The molecule has 1 aliphatic heterocycles. The standard InChI is InChI=1S/C12H14O2/c13-12(4-5-12)11-3-1-2-9(6-11)10-7-14-8-10/h1-3,6,10,13H,4-5,7-8H2. The van der Waals surface area contributed by atoms with Gasteiger partial charge in [-0.2, -0.15) is 0 Å². The van der Waals surface area contributed by atoms with Gasteiger partial charge in [0.05, 0.1) is 18.8 Å². The fourth-order valence-corrected chi connectivity index (χ4v) is 1.92. The Morgan fingerprint density at radius 1 is 1.29 bits per heavy atom. The van der Waals surface area contributed by atoms with Gasteiger partial charge in [0.25, 0.3) is 0 Å². The van der Waals surface area contributed by atoms with Gasteiger partial charge in [0.2, 0.25) is 0 Å². The van der Waals surface area contributed by atoms with E-state index in [0.717, 1.165) is 31.6 Å². The van der Waals surface area contributed by atoms with Gasteiger partial charge in [0.15, 0.2) is 0 Å². The van der Waals surface area contributed by atoms with Crippen molar-refractivity contribution in [1.82, 2.24) is 0 Å². The lowest BCUT2D eigenvalue weighted by atomic mass is 9.94. The number of aliphatic hydroxyl groups is 1. The van der Waals surface area contributed by atoms with E-state index in [0.29, 0.717) is 5.92 Å². The van der Waals surface area contributed by atoms with E-state index in [1.54, 1.807) is 0 Å². The molecule has 2 aliphatic rings.